The molecule has 21 heavy (non-hydrogen) atoms. The van der Waals surface area contributed by atoms with E-state index >= 15 is 0 Å². The summed E-state index contributed by atoms with van der Waals surface area (Å²) in [5, 5.41) is 8.32. The van der Waals surface area contributed by atoms with Crippen LogP contribution in [0.1, 0.15) is 46.0 Å². The number of hydrogen-bond donors (Lipinski definition) is 1. The average molecular weight is 357 g/mol. The summed E-state index contributed by atoms with van der Waals surface area (Å²) >= 11 is 3.72. The molecule has 1 N–H and O–H groups in total. The average Bonchev–Trinajstić information content (AvgIpc) is 2.68. The van der Waals surface area contributed by atoms with Crippen LogP contribution in [0.3, 0.4) is 0 Å². The summed E-state index contributed by atoms with van der Waals surface area (Å²) < 4.78 is 3.29. The number of halogens is 1. The maximum atomic E-state index is 4.62. The molecule has 0 saturated carbocycles. The van der Waals surface area contributed by atoms with E-state index in [1.807, 2.05) is 0 Å². The van der Waals surface area contributed by atoms with Crippen molar-refractivity contribution in [1.29, 1.82) is 0 Å². The first-order valence-corrected chi connectivity index (χ1v) is 8.75. The van der Waals surface area contributed by atoms with Gasteiger partial charge in [-0.1, -0.05) is 13.8 Å². The van der Waals surface area contributed by atoms with Crippen LogP contribution in [0.4, 0.5) is 0 Å². The second-order valence-corrected chi connectivity index (χ2v) is 7.88. The third-order valence-electron chi connectivity index (χ3n) is 4.67. The van der Waals surface area contributed by atoms with Crippen molar-refractivity contribution in [1.82, 2.24) is 20.0 Å². The highest BCUT2D eigenvalue weighted by atomic mass is 79.9. The Balaban J connectivity index is 2.23. The maximum absolute atomic E-state index is 4.62. The van der Waals surface area contributed by atoms with Crippen molar-refractivity contribution in [2.75, 3.05) is 13.1 Å². The zero-order valence-electron chi connectivity index (χ0n) is 14.2. The van der Waals surface area contributed by atoms with Crippen LogP contribution in [0, 0.1) is 12.8 Å². The predicted octanol–water partition coefficient (Wildman–Crippen LogP) is 3.18. The van der Waals surface area contributed by atoms with E-state index in [9.17, 15) is 0 Å². The summed E-state index contributed by atoms with van der Waals surface area (Å²) in [6.07, 6.45) is 0. The van der Waals surface area contributed by atoms with Crippen LogP contribution < -0.4 is 5.32 Å². The molecule has 0 aromatic carbocycles. The number of nitrogens with zero attached hydrogens (tertiary/aromatic N) is 3. The molecule has 2 heterocycles. The van der Waals surface area contributed by atoms with Crippen LogP contribution in [-0.2, 0) is 13.1 Å². The van der Waals surface area contributed by atoms with Gasteiger partial charge in [0.25, 0.3) is 0 Å². The lowest BCUT2D eigenvalue weighted by molar-refractivity contribution is 0.0450. The fourth-order valence-corrected chi connectivity index (χ4v) is 3.38. The SMILES string of the molecule is CCn1nc(C)c(Br)c1CN1CC(C(C)C)NCC1(C)C. The molecule has 1 aliphatic rings. The minimum atomic E-state index is 0.168. The van der Waals surface area contributed by atoms with Crippen molar-refractivity contribution >= 4 is 15.9 Å². The second kappa shape index (κ2) is 6.39. The molecule has 5 heteroatoms. The zero-order chi connectivity index (χ0) is 15.8. The van der Waals surface area contributed by atoms with Gasteiger partial charge in [-0.3, -0.25) is 9.58 Å². The molecular weight excluding hydrogens is 328 g/mol. The summed E-state index contributed by atoms with van der Waals surface area (Å²) in [5.74, 6) is 0.657. The maximum Gasteiger partial charge on any atom is 0.0739 e. The monoisotopic (exact) mass is 356 g/mol. The molecule has 1 aromatic heterocycles. The van der Waals surface area contributed by atoms with Gasteiger partial charge in [-0.15, -0.1) is 0 Å². The number of nitrogens with one attached hydrogen (secondary N) is 1. The van der Waals surface area contributed by atoms with Gasteiger partial charge >= 0.3 is 0 Å². The Hall–Kier alpha value is -0.390. The quantitative estimate of drug-likeness (QED) is 0.899. The van der Waals surface area contributed by atoms with Gasteiger partial charge in [0.2, 0.25) is 0 Å². The smallest absolute Gasteiger partial charge is 0.0739 e. The van der Waals surface area contributed by atoms with Crippen molar-refractivity contribution in [3.63, 3.8) is 0 Å². The van der Waals surface area contributed by atoms with Crippen molar-refractivity contribution < 1.29 is 0 Å². The summed E-state index contributed by atoms with van der Waals surface area (Å²) in [6.45, 7) is 17.5. The Morgan fingerprint density at radius 1 is 1.43 bits per heavy atom. The highest BCUT2D eigenvalue weighted by Crippen LogP contribution is 2.28. The Morgan fingerprint density at radius 2 is 2.10 bits per heavy atom. The molecule has 0 aliphatic carbocycles. The van der Waals surface area contributed by atoms with Crippen molar-refractivity contribution in [3.8, 4) is 0 Å². The van der Waals surface area contributed by atoms with E-state index in [2.05, 4.69) is 77.5 Å². The fourth-order valence-electron chi connectivity index (χ4n) is 2.97. The Bertz CT molecular complexity index is 493. The van der Waals surface area contributed by atoms with E-state index in [1.54, 1.807) is 0 Å². The Morgan fingerprint density at radius 3 is 2.67 bits per heavy atom. The lowest BCUT2D eigenvalue weighted by Gasteiger charge is -2.47. The minimum Gasteiger partial charge on any atom is -0.311 e. The van der Waals surface area contributed by atoms with E-state index in [0.29, 0.717) is 12.0 Å². The van der Waals surface area contributed by atoms with Crippen LogP contribution in [0.25, 0.3) is 0 Å². The molecule has 1 saturated heterocycles. The zero-order valence-corrected chi connectivity index (χ0v) is 15.8. The van der Waals surface area contributed by atoms with Gasteiger partial charge in [0.05, 0.1) is 15.9 Å². The molecule has 1 aliphatic heterocycles. The van der Waals surface area contributed by atoms with Crippen molar-refractivity contribution in [2.24, 2.45) is 5.92 Å². The number of aromatic nitrogens is 2. The lowest BCUT2D eigenvalue weighted by Crippen LogP contribution is -2.62. The molecule has 0 radical (unpaired) electrons. The van der Waals surface area contributed by atoms with E-state index in [-0.39, 0.29) is 5.54 Å². The Labute approximate surface area is 137 Å². The lowest BCUT2D eigenvalue weighted by atomic mass is 9.92. The first-order valence-electron chi connectivity index (χ1n) is 7.96. The van der Waals surface area contributed by atoms with Crippen molar-refractivity contribution in [2.45, 2.75) is 66.2 Å². The normalized spacial score (nSPS) is 23.0. The highest BCUT2D eigenvalue weighted by Gasteiger charge is 2.35. The number of piperazine rings is 1. The van der Waals surface area contributed by atoms with E-state index < -0.39 is 0 Å². The third kappa shape index (κ3) is 3.51. The second-order valence-electron chi connectivity index (χ2n) is 7.09. The molecule has 0 bridgehead atoms. The van der Waals surface area contributed by atoms with Gasteiger partial charge in [0, 0.05) is 37.8 Å². The molecule has 1 aromatic rings. The first-order chi connectivity index (χ1) is 9.76. The van der Waals surface area contributed by atoms with Crippen LogP contribution in [0.5, 0.6) is 0 Å². The number of hydrogen-bond acceptors (Lipinski definition) is 3. The third-order valence-corrected chi connectivity index (χ3v) is 5.70. The van der Waals surface area contributed by atoms with Gasteiger partial charge in [-0.05, 0) is 49.5 Å². The molecule has 0 amide bonds. The van der Waals surface area contributed by atoms with Gasteiger partial charge in [-0.2, -0.15) is 5.10 Å². The molecule has 1 atom stereocenters. The number of aryl methyl sites for hydroxylation is 2. The standard InChI is InChI=1S/C16H29BrN4/c1-7-21-14(15(17)12(4)19-21)9-20-8-13(11(2)3)18-10-16(20,5)6/h11,13,18H,7-10H2,1-6H3. The van der Waals surface area contributed by atoms with E-state index in [4.69, 9.17) is 0 Å². The molecular formula is C16H29BrN4. The van der Waals surface area contributed by atoms with Crippen LogP contribution >= 0.6 is 15.9 Å². The summed E-state index contributed by atoms with van der Waals surface area (Å²) in [5.41, 5.74) is 2.55. The molecule has 2 rings (SSSR count). The van der Waals surface area contributed by atoms with Gasteiger partial charge < -0.3 is 5.32 Å². The molecule has 1 unspecified atom stereocenters. The van der Waals surface area contributed by atoms with Gasteiger partial charge in [-0.25, -0.2) is 0 Å². The van der Waals surface area contributed by atoms with Gasteiger partial charge in [0.15, 0.2) is 0 Å². The number of rotatable bonds is 4. The molecule has 0 spiro atoms. The topological polar surface area (TPSA) is 33.1 Å². The fraction of sp³-hybridized carbons (Fsp3) is 0.812. The highest BCUT2D eigenvalue weighted by molar-refractivity contribution is 9.10. The van der Waals surface area contributed by atoms with E-state index in [1.165, 1.54) is 10.2 Å². The molecule has 120 valence electrons. The first kappa shape index (κ1) is 17.0. The minimum absolute atomic E-state index is 0.168. The largest absolute Gasteiger partial charge is 0.311 e. The summed E-state index contributed by atoms with van der Waals surface area (Å²) in [7, 11) is 0. The van der Waals surface area contributed by atoms with Crippen LogP contribution in [0.2, 0.25) is 0 Å². The van der Waals surface area contributed by atoms with Crippen LogP contribution in [0.15, 0.2) is 4.47 Å². The van der Waals surface area contributed by atoms with Gasteiger partial charge in [0.1, 0.15) is 0 Å². The Kier molecular flexibility index (Phi) is 5.16. The molecule has 1 fully saturated rings. The predicted molar refractivity (Wildman–Crippen MR) is 91.5 cm³/mol. The summed E-state index contributed by atoms with van der Waals surface area (Å²) in [4.78, 5) is 2.60. The molecule has 4 nitrogen and oxygen atoms in total. The van der Waals surface area contributed by atoms with E-state index in [0.717, 1.165) is 31.9 Å². The van der Waals surface area contributed by atoms with Crippen molar-refractivity contribution in [3.05, 3.63) is 15.9 Å². The summed E-state index contributed by atoms with van der Waals surface area (Å²) in [6, 6.07) is 0.566. The van der Waals surface area contributed by atoms with Crippen LogP contribution in [-0.4, -0.2) is 39.4 Å².